The maximum absolute atomic E-state index is 14.0. The van der Waals surface area contributed by atoms with Gasteiger partial charge in [0.2, 0.25) is 0 Å². The molecule has 1 unspecified atom stereocenters. The summed E-state index contributed by atoms with van der Waals surface area (Å²) in [5, 5.41) is 15.8. The summed E-state index contributed by atoms with van der Waals surface area (Å²) in [7, 11) is -1.52. The minimum Gasteiger partial charge on any atom is -0.497 e. The Balaban J connectivity index is 1.57. The van der Waals surface area contributed by atoms with E-state index >= 15 is 0 Å². The minimum absolute atomic E-state index is 0.0715. The summed E-state index contributed by atoms with van der Waals surface area (Å²) in [4.78, 5) is 24.5. The molecule has 37 heavy (non-hydrogen) atoms. The Kier molecular flexibility index (Phi) is 7.21. The number of rotatable bonds is 9. The predicted octanol–water partition coefficient (Wildman–Crippen LogP) is 2.93. The number of aryl methyl sites for hydroxylation is 1. The first-order valence-corrected chi connectivity index (χ1v) is 12.5. The number of hydrogen-bond acceptors (Lipinski definition) is 8. The van der Waals surface area contributed by atoms with Crippen molar-refractivity contribution in [2.75, 3.05) is 14.2 Å². The summed E-state index contributed by atoms with van der Waals surface area (Å²) in [6, 6.07) is 14.4. The molecule has 0 aliphatic rings. The highest BCUT2D eigenvalue weighted by molar-refractivity contribution is 7.92. The minimum atomic E-state index is -4.33. The molecule has 1 aromatic heterocycles. The number of benzene rings is 3. The van der Waals surface area contributed by atoms with Crippen molar-refractivity contribution in [3.05, 3.63) is 76.8 Å². The lowest BCUT2D eigenvalue weighted by Crippen LogP contribution is -2.34. The van der Waals surface area contributed by atoms with E-state index in [-0.39, 0.29) is 22.6 Å². The fourth-order valence-electron chi connectivity index (χ4n) is 3.83. The summed E-state index contributed by atoms with van der Waals surface area (Å²) in [5.74, 6) is -1.58. The maximum atomic E-state index is 14.0. The number of carboxylic acids is 1. The summed E-state index contributed by atoms with van der Waals surface area (Å²) in [6.07, 6.45) is -0.417. The van der Waals surface area contributed by atoms with Crippen LogP contribution in [0.5, 0.6) is 11.5 Å². The van der Waals surface area contributed by atoms with E-state index in [1.54, 1.807) is 12.1 Å². The van der Waals surface area contributed by atoms with Crippen molar-refractivity contribution in [2.45, 2.75) is 23.1 Å². The second-order valence-electron chi connectivity index (χ2n) is 8.04. The molecule has 1 atom stereocenters. The predicted molar refractivity (Wildman–Crippen MR) is 132 cm³/mol. The first-order chi connectivity index (χ1) is 17.6. The molecule has 4 aromatic rings. The molecule has 0 radical (unpaired) electrons. The average molecular weight is 528 g/mol. The van der Waals surface area contributed by atoms with Gasteiger partial charge in [-0.25, -0.2) is 17.5 Å². The van der Waals surface area contributed by atoms with Gasteiger partial charge in [0, 0.05) is 12.6 Å². The third-order valence-electron chi connectivity index (χ3n) is 5.85. The Bertz CT molecular complexity index is 1640. The van der Waals surface area contributed by atoms with Gasteiger partial charge in [0.15, 0.2) is 26.7 Å². The maximum Gasteiger partial charge on any atom is 0.322 e. The zero-order chi connectivity index (χ0) is 26.7. The van der Waals surface area contributed by atoms with Crippen molar-refractivity contribution >= 4 is 26.7 Å². The summed E-state index contributed by atoms with van der Waals surface area (Å²) in [6.45, 7) is -0.285. The van der Waals surface area contributed by atoms with Crippen LogP contribution in [0.2, 0.25) is 0 Å². The van der Waals surface area contributed by atoms with Crippen LogP contribution in [0, 0.1) is 5.82 Å². The molecule has 12 heteroatoms. The standard InChI is InChI=1S/C25H22FN3O7S/c1-35-17-6-9-19-21(14-17)27-28-29(24(19)30)12-11-23(25(31)32)37(33,34)18-7-3-15(4-8-18)16-5-10-22(36-2)20(26)13-16/h3-10,13-14,23H,11-12H2,1-2H3,(H,31,32). The molecule has 3 aromatic carbocycles. The fraction of sp³-hybridized carbons (Fsp3) is 0.200. The van der Waals surface area contributed by atoms with Crippen LogP contribution in [0.4, 0.5) is 4.39 Å². The molecule has 1 heterocycles. The van der Waals surface area contributed by atoms with E-state index < -0.39 is 38.9 Å². The zero-order valence-electron chi connectivity index (χ0n) is 19.8. The van der Waals surface area contributed by atoms with E-state index in [1.165, 1.54) is 62.8 Å². The second kappa shape index (κ2) is 10.3. The average Bonchev–Trinajstić information content (AvgIpc) is 2.89. The van der Waals surface area contributed by atoms with Crippen LogP contribution in [-0.4, -0.2) is 54.0 Å². The highest BCUT2D eigenvalue weighted by atomic mass is 32.2. The van der Waals surface area contributed by atoms with Gasteiger partial charge in [-0.3, -0.25) is 9.59 Å². The molecule has 0 spiro atoms. The van der Waals surface area contributed by atoms with E-state index in [4.69, 9.17) is 9.47 Å². The van der Waals surface area contributed by atoms with Crippen LogP contribution in [-0.2, 0) is 21.2 Å². The largest absolute Gasteiger partial charge is 0.497 e. The zero-order valence-corrected chi connectivity index (χ0v) is 20.6. The highest BCUT2D eigenvalue weighted by Crippen LogP contribution is 2.28. The number of aliphatic carboxylic acids is 1. The van der Waals surface area contributed by atoms with Gasteiger partial charge in [0.1, 0.15) is 11.3 Å². The van der Waals surface area contributed by atoms with Crippen LogP contribution in [0.1, 0.15) is 6.42 Å². The second-order valence-corrected chi connectivity index (χ2v) is 10.2. The van der Waals surface area contributed by atoms with Crippen LogP contribution in [0.15, 0.2) is 70.4 Å². The van der Waals surface area contributed by atoms with E-state index in [2.05, 4.69) is 10.3 Å². The number of aromatic nitrogens is 3. The van der Waals surface area contributed by atoms with Crippen LogP contribution in [0.25, 0.3) is 22.0 Å². The van der Waals surface area contributed by atoms with Gasteiger partial charge in [0.25, 0.3) is 5.56 Å². The number of ether oxygens (including phenoxy) is 2. The topological polar surface area (TPSA) is 138 Å². The van der Waals surface area contributed by atoms with Crippen molar-refractivity contribution < 1.29 is 32.2 Å². The number of carbonyl (C=O) groups is 1. The van der Waals surface area contributed by atoms with Gasteiger partial charge in [0.05, 0.1) is 24.5 Å². The molecule has 10 nitrogen and oxygen atoms in total. The molecule has 0 amide bonds. The first kappa shape index (κ1) is 25.8. The van der Waals surface area contributed by atoms with E-state index in [0.717, 1.165) is 4.68 Å². The molecule has 0 aliphatic carbocycles. The molecule has 0 aliphatic heterocycles. The number of sulfone groups is 1. The van der Waals surface area contributed by atoms with Gasteiger partial charge in [-0.2, -0.15) is 0 Å². The number of halogens is 1. The third kappa shape index (κ3) is 5.14. The number of hydrogen-bond donors (Lipinski definition) is 1. The van der Waals surface area contributed by atoms with Crippen molar-refractivity contribution in [1.29, 1.82) is 0 Å². The Labute approximate surface area is 210 Å². The Morgan fingerprint density at radius 1 is 1.03 bits per heavy atom. The number of methoxy groups -OCH3 is 2. The van der Waals surface area contributed by atoms with E-state index in [0.29, 0.717) is 22.4 Å². The molecule has 0 bridgehead atoms. The lowest BCUT2D eigenvalue weighted by molar-refractivity contribution is -0.136. The smallest absolute Gasteiger partial charge is 0.322 e. The Morgan fingerprint density at radius 3 is 2.35 bits per heavy atom. The lowest BCUT2D eigenvalue weighted by atomic mass is 10.1. The summed E-state index contributed by atoms with van der Waals surface area (Å²) < 4.78 is 51.3. The Hall–Kier alpha value is -4.32. The van der Waals surface area contributed by atoms with Crippen molar-refractivity contribution in [2.24, 2.45) is 0 Å². The molecule has 4 rings (SSSR count). The summed E-state index contributed by atoms with van der Waals surface area (Å²) >= 11 is 0. The van der Waals surface area contributed by atoms with Gasteiger partial charge in [-0.05, 0) is 53.9 Å². The SMILES string of the molecule is COc1ccc2c(=O)n(CCC(C(=O)O)S(=O)(=O)c3ccc(-c4ccc(OC)c(F)c4)cc3)nnc2c1. The molecule has 0 fully saturated rings. The van der Waals surface area contributed by atoms with E-state index in [1.807, 2.05) is 0 Å². The van der Waals surface area contributed by atoms with Crippen LogP contribution in [0.3, 0.4) is 0 Å². The van der Waals surface area contributed by atoms with Crippen molar-refractivity contribution in [1.82, 2.24) is 15.0 Å². The normalized spacial score (nSPS) is 12.3. The van der Waals surface area contributed by atoms with Gasteiger partial charge < -0.3 is 14.6 Å². The highest BCUT2D eigenvalue weighted by Gasteiger charge is 2.34. The van der Waals surface area contributed by atoms with Gasteiger partial charge in [-0.15, -0.1) is 5.10 Å². The van der Waals surface area contributed by atoms with Crippen LogP contribution < -0.4 is 15.0 Å². The first-order valence-electron chi connectivity index (χ1n) is 11.0. The molecule has 1 N–H and O–H groups in total. The van der Waals surface area contributed by atoms with Crippen molar-refractivity contribution in [3.63, 3.8) is 0 Å². The molecular weight excluding hydrogens is 505 g/mol. The Morgan fingerprint density at radius 2 is 1.73 bits per heavy atom. The number of carboxylic acid groups (broad SMARTS) is 1. The van der Waals surface area contributed by atoms with Crippen LogP contribution >= 0.6 is 0 Å². The number of fused-ring (bicyclic) bond motifs is 1. The summed E-state index contributed by atoms with van der Waals surface area (Å²) in [5.41, 5.74) is 0.774. The van der Waals surface area contributed by atoms with Gasteiger partial charge in [-0.1, -0.05) is 23.4 Å². The van der Waals surface area contributed by atoms with E-state index in [9.17, 15) is 27.5 Å². The molecule has 0 saturated carbocycles. The van der Waals surface area contributed by atoms with Crippen molar-refractivity contribution in [3.8, 4) is 22.6 Å². The lowest BCUT2D eigenvalue weighted by Gasteiger charge is -2.15. The molecule has 192 valence electrons. The number of nitrogens with zero attached hydrogens (tertiary/aromatic N) is 3. The monoisotopic (exact) mass is 527 g/mol. The molecular formula is C25H22FN3O7S. The molecule has 0 saturated heterocycles. The third-order valence-corrected chi connectivity index (χ3v) is 7.97. The quantitative estimate of drug-likeness (QED) is 0.348. The van der Waals surface area contributed by atoms with Gasteiger partial charge >= 0.3 is 5.97 Å². The fourth-order valence-corrected chi connectivity index (χ4v) is 5.35.